The number of H-pyrrole nitrogens is 2. The maximum atomic E-state index is 12.3. The minimum Gasteiger partial charge on any atom is -0.338 e. The average molecular weight is 409 g/mol. The van der Waals surface area contributed by atoms with Gasteiger partial charge < -0.3 is 10.3 Å². The highest BCUT2D eigenvalue weighted by molar-refractivity contribution is 5.97. The Kier molecular flexibility index (Phi) is 4.02. The van der Waals surface area contributed by atoms with Crippen molar-refractivity contribution in [3.63, 3.8) is 0 Å². The number of amides is 1. The van der Waals surface area contributed by atoms with E-state index < -0.39 is 0 Å². The molecule has 1 aliphatic carbocycles. The molecular weight excluding hydrogens is 390 g/mol. The number of carbonyl (C=O) groups is 1. The predicted octanol–water partition coefficient (Wildman–Crippen LogP) is 4.30. The van der Waals surface area contributed by atoms with Gasteiger partial charge in [0.1, 0.15) is 11.3 Å². The molecule has 152 valence electrons. The number of hydrogen-bond acceptors (Lipinski definition) is 5. The van der Waals surface area contributed by atoms with Crippen molar-refractivity contribution in [3.05, 3.63) is 55.1 Å². The van der Waals surface area contributed by atoms with Gasteiger partial charge in [0.05, 0.1) is 35.0 Å². The first-order valence-corrected chi connectivity index (χ1v) is 10.3. The van der Waals surface area contributed by atoms with Crippen LogP contribution in [0.4, 0.5) is 5.69 Å². The van der Waals surface area contributed by atoms with Crippen molar-refractivity contribution in [3.8, 4) is 22.6 Å². The fourth-order valence-corrected chi connectivity index (χ4v) is 3.93. The molecule has 6 rings (SSSR count). The van der Waals surface area contributed by atoms with Gasteiger partial charge in [-0.2, -0.15) is 5.10 Å². The lowest BCUT2D eigenvalue weighted by atomic mass is 9.85. The lowest BCUT2D eigenvalue weighted by Gasteiger charge is -2.24. The minimum absolute atomic E-state index is 0.0677. The fourth-order valence-electron chi connectivity index (χ4n) is 3.93. The molecule has 0 bridgehead atoms. The van der Waals surface area contributed by atoms with Crippen LogP contribution in [0.1, 0.15) is 19.3 Å². The number of nitrogens with one attached hydrogen (secondary N) is 3. The standard InChI is InChI=1S/C23H19N7O/c31-23(13-3-1-4-13)27-16-7-15(10-24-11-16)18-9-17-20(12-26-18)29-30-21(17)19-8-14-5-2-6-25-22(14)28-19/h2,5-13H,1,3-4H2,(H,25,28)(H,27,31)(H,29,30). The summed E-state index contributed by atoms with van der Waals surface area (Å²) >= 11 is 0. The summed E-state index contributed by atoms with van der Waals surface area (Å²) < 4.78 is 0. The summed E-state index contributed by atoms with van der Waals surface area (Å²) in [7, 11) is 0. The number of aromatic nitrogens is 6. The van der Waals surface area contributed by atoms with Gasteiger partial charge in [0, 0.05) is 34.6 Å². The number of aromatic amines is 2. The Morgan fingerprint density at radius 1 is 1.10 bits per heavy atom. The third-order valence-corrected chi connectivity index (χ3v) is 5.87. The number of rotatable bonds is 4. The summed E-state index contributed by atoms with van der Waals surface area (Å²) in [5.41, 5.74) is 5.63. The Morgan fingerprint density at radius 3 is 2.87 bits per heavy atom. The zero-order valence-corrected chi connectivity index (χ0v) is 16.6. The van der Waals surface area contributed by atoms with Gasteiger partial charge in [-0.05, 0) is 43.2 Å². The van der Waals surface area contributed by atoms with Gasteiger partial charge in [0.15, 0.2) is 0 Å². The smallest absolute Gasteiger partial charge is 0.227 e. The van der Waals surface area contributed by atoms with Crippen LogP contribution in [0.5, 0.6) is 0 Å². The van der Waals surface area contributed by atoms with Crippen molar-refractivity contribution in [1.29, 1.82) is 0 Å². The Bertz CT molecular complexity index is 1400. The highest BCUT2D eigenvalue weighted by Gasteiger charge is 2.25. The highest BCUT2D eigenvalue weighted by Crippen LogP contribution is 2.31. The molecule has 1 aliphatic rings. The lowest BCUT2D eigenvalue weighted by molar-refractivity contribution is -0.122. The van der Waals surface area contributed by atoms with E-state index in [9.17, 15) is 4.79 Å². The summed E-state index contributed by atoms with van der Waals surface area (Å²) in [6.07, 6.45) is 9.99. The second kappa shape index (κ2) is 7.02. The molecule has 8 nitrogen and oxygen atoms in total. The van der Waals surface area contributed by atoms with Gasteiger partial charge in [-0.25, -0.2) is 4.98 Å². The summed E-state index contributed by atoms with van der Waals surface area (Å²) in [6, 6.07) is 9.86. The van der Waals surface area contributed by atoms with Crippen molar-refractivity contribution in [2.24, 2.45) is 5.92 Å². The Hall–Kier alpha value is -4.07. The molecule has 0 atom stereocenters. The molecule has 0 saturated heterocycles. The van der Waals surface area contributed by atoms with Gasteiger partial charge in [0.25, 0.3) is 0 Å². The van der Waals surface area contributed by atoms with Crippen molar-refractivity contribution >= 4 is 33.5 Å². The molecule has 5 aromatic heterocycles. The molecule has 8 heteroatoms. The van der Waals surface area contributed by atoms with E-state index in [1.165, 1.54) is 0 Å². The van der Waals surface area contributed by atoms with Crippen molar-refractivity contribution < 1.29 is 4.79 Å². The Labute approximate surface area is 177 Å². The third kappa shape index (κ3) is 3.13. The van der Waals surface area contributed by atoms with E-state index in [0.29, 0.717) is 5.69 Å². The Morgan fingerprint density at radius 2 is 2.03 bits per heavy atom. The number of hydrogen-bond donors (Lipinski definition) is 3. The molecule has 3 N–H and O–H groups in total. The van der Waals surface area contributed by atoms with E-state index in [0.717, 1.165) is 63.8 Å². The quantitative estimate of drug-likeness (QED) is 0.410. The van der Waals surface area contributed by atoms with Crippen LogP contribution in [0.2, 0.25) is 0 Å². The van der Waals surface area contributed by atoms with Crippen LogP contribution in [-0.2, 0) is 4.79 Å². The largest absolute Gasteiger partial charge is 0.338 e. The van der Waals surface area contributed by atoms with Gasteiger partial charge in [-0.3, -0.25) is 19.9 Å². The van der Waals surface area contributed by atoms with Crippen LogP contribution in [0.3, 0.4) is 0 Å². The second-order valence-corrected chi connectivity index (χ2v) is 7.89. The van der Waals surface area contributed by atoms with E-state index in [1.54, 1.807) is 24.8 Å². The first kappa shape index (κ1) is 17.8. The van der Waals surface area contributed by atoms with E-state index >= 15 is 0 Å². The molecule has 1 amide bonds. The van der Waals surface area contributed by atoms with Crippen LogP contribution >= 0.6 is 0 Å². The first-order chi connectivity index (χ1) is 15.2. The summed E-state index contributed by atoms with van der Waals surface area (Å²) in [4.78, 5) is 28.8. The molecule has 5 heterocycles. The van der Waals surface area contributed by atoms with Crippen LogP contribution in [0.15, 0.2) is 55.1 Å². The predicted molar refractivity (Wildman–Crippen MR) is 118 cm³/mol. The lowest BCUT2D eigenvalue weighted by Crippen LogP contribution is -2.28. The SMILES string of the molecule is O=C(Nc1cncc(-c2cc3c(-c4cc5cccnc5[nH]4)n[nH]c3cn2)c1)C1CCC1. The topological polar surface area (TPSA) is 112 Å². The highest BCUT2D eigenvalue weighted by atomic mass is 16.1. The molecule has 31 heavy (non-hydrogen) atoms. The van der Waals surface area contributed by atoms with Gasteiger partial charge in [-0.1, -0.05) is 6.42 Å². The zero-order valence-electron chi connectivity index (χ0n) is 16.6. The number of carbonyl (C=O) groups excluding carboxylic acids is 1. The average Bonchev–Trinajstić information content (AvgIpc) is 3.36. The monoisotopic (exact) mass is 409 g/mol. The van der Waals surface area contributed by atoms with E-state index in [-0.39, 0.29) is 11.8 Å². The van der Waals surface area contributed by atoms with Gasteiger partial charge in [0.2, 0.25) is 5.91 Å². The number of pyridine rings is 3. The van der Waals surface area contributed by atoms with E-state index in [2.05, 4.69) is 35.5 Å². The van der Waals surface area contributed by atoms with Crippen LogP contribution in [0.25, 0.3) is 44.6 Å². The number of nitrogens with zero attached hydrogens (tertiary/aromatic N) is 4. The fraction of sp³-hybridized carbons (Fsp3) is 0.174. The molecule has 0 aliphatic heterocycles. The second-order valence-electron chi connectivity index (χ2n) is 7.89. The van der Waals surface area contributed by atoms with Gasteiger partial charge >= 0.3 is 0 Å². The third-order valence-electron chi connectivity index (χ3n) is 5.87. The molecule has 0 aromatic carbocycles. The van der Waals surface area contributed by atoms with Crippen LogP contribution in [-0.4, -0.2) is 36.0 Å². The van der Waals surface area contributed by atoms with Crippen molar-refractivity contribution in [2.75, 3.05) is 5.32 Å². The summed E-state index contributed by atoms with van der Waals surface area (Å²) in [6.45, 7) is 0. The van der Waals surface area contributed by atoms with Crippen LogP contribution in [0, 0.1) is 5.92 Å². The minimum atomic E-state index is 0.0677. The van der Waals surface area contributed by atoms with E-state index in [4.69, 9.17) is 0 Å². The molecule has 1 saturated carbocycles. The van der Waals surface area contributed by atoms with Crippen LogP contribution < -0.4 is 5.32 Å². The molecule has 5 aromatic rings. The molecule has 1 fully saturated rings. The zero-order chi connectivity index (χ0) is 20.8. The molecule has 0 radical (unpaired) electrons. The maximum Gasteiger partial charge on any atom is 0.227 e. The molecule has 0 unspecified atom stereocenters. The first-order valence-electron chi connectivity index (χ1n) is 10.3. The molecular formula is C23H19N7O. The molecule has 0 spiro atoms. The maximum absolute atomic E-state index is 12.3. The summed E-state index contributed by atoms with van der Waals surface area (Å²) in [5, 5.41) is 12.5. The number of fused-ring (bicyclic) bond motifs is 2. The van der Waals surface area contributed by atoms with Crippen molar-refractivity contribution in [1.82, 2.24) is 30.1 Å². The number of anilines is 1. The van der Waals surface area contributed by atoms with E-state index in [1.807, 2.05) is 30.3 Å². The normalized spacial score (nSPS) is 14.1. The Balaban J connectivity index is 1.37. The van der Waals surface area contributed by atoms with Crippen molar-refractivity contribution in [2.45, 2.75) is 19.3 Å². The van der Waals surface area contributed by atoms with Gasteiger partial charge in [-0.15, -0.1) is 0 Å². The summed E-state index contributed by atoms with van der Waals surface area (Å²) in [5.74, 6) is 0.190.